The summed E-state index contributed by atoms with van der Waals surface area (Å²) >= 11 is 0. The highest BCUT2D eigenvalue weighted by Gasteiger charge is 2.53. The van der Waals surface area contributed by atoms with Crippen LogP contribution in [-0.4, -0.2) is 37.8 Å². The molecule has 0 saturated carbocycles. The molecule has 0 unspecified atom stereocenters. The second-order valence-corrected chi connectivity index (χ2v) is 9.78. The summed E-state index contributed by atoms with van der Waals surface area (Å²) in [7, 11) is 8.33. The first-order chi connectivity index (χ1) is 17.0. The number of para-hydroxylation sites is 1. The van der Waals surface area contributed by atoms with Crippen LogP contribution >= 0.6 is 0 Å². The van der Waals surface area contributed by atoms with E-state index in [9.17, 15) is 0 Å². The maximum Gasteiger partial charge on any atom is 0.190 e. The number of anilines is 2. The monoisotopic (exact) mass is 458 g/mol. The molecule has 5 heteroatoms. The van der Waals surface area contributed by atoms with E-state index in [2.05, 4.69) is 105 Å². The maximum atomic E-state index is 7.15. The molecule has 1 spiro atoms. The Kier molecular flexibility index (Phi) is 3.97. The highest BCUT2D eigenvalue weighted by atomic mass is 16.5. The Hall–Kier alpha value is -4.25. The SMILES string of the molecule is CN(C)c1ccc2c(c1)-c1cc(N(C)C)ccc1C21Oc2ccccc2-c2nn3ccccc3c21. The Labute approximate surface area is 204 Å². The van der Waals surface area contributed by atoms with Gasteiger partial charge in [-0.25, -0.2) is 4.52 Å². The summed E-state index contributed by atoms with van der Waals surface area (Å²) in [4.78, 5) is 4.30. The Morgan fingerprint density at radius 3 is 2.00 bits per heavy atom. The van der Waals surface area contributed by atoms with Gasteiger partial charge in [-0.05, 0) is 59.7 Å². The number of nitrogens with zero attached hydrogens (tertiary/aromatic N) is 4. The molecule has 0 bridgehead atoms. The Morgan fingerprint density at radius 2 is 1.34 bits per heavy atom. The van der Waals surface area contributed by atoms with E-state index in [1.54, 1.807) is 0 Å². The van der Waals surface area contributed by atoms with Crippen LogP contribution in [0.1, 0.15) is 16.7 Å². The highest BCUT2D eigenvalue weighted by Crippen LogP contribution is 2.60. The van der Waals surface area contributed by atoms with Crippen LogP contribution in [0.25, 0.3) is 27.9 Å². The number of pyridine rings is 1. The van der Waals surface area contributed by atoms with Crippen molar-refractivity contribution in [3.05, 3.63) is 102 Å². The lowest BCUT2D eigenvalue weighted by Gasteiger charge is -2.37. The van der Waals surface area contributed by atoms with Gasteiger partial charge in [0, 0.05) is 62.5 Å². The number of benzene rings is 3. The molecular weight excluding hydrogens is 432 g/mol. The Morgan fingerprint density at radius 1 is 0.714 bits per heavy atom. The average Bonchev–Trinajstić information content (AvgIpc) is 3.39. The van der Waals surface area contributed by atoms with Gasteiger partial charge in [0.05, 0.1) is 11.1 Å². The minimum atomic E-state index is -0.785. The van der Waals surface area contributed by atoms with E-state index in [-0.39, 0.29) is 0 Å². The molecule has 0 amide bonds. The predicted molar refractivity (Wildman–Crippen MR) is 142 cm³/mol. The minimum Gasteiger partial charge on any atom is -0.472 e. The lowest BCUT2D eigenvalue weighted by molar-refractivity contribution is 0.158. The predicted octanol–water partition coefficient (Wildman–Crippen LogP) is 5.80. The molecule has 0 atom stereocenters. The molecule has 3 aromatic carbocycles. The molecule has 0 N–H and O–H groups in total. The quantitative estimate of drug-likeness (QED) is 0.335. The van der Waals surface area contributed by atoms with Crippen LogP contribution in [0.3, 0.4) is 0 Å². The molecule has 2 aromatic heterocycles. The van der Waals surface area contributed by atoms with Crippen molar-refractivity contribution < 1.29 is 4.74 Å². The van der Waals surface area contributed by atoms with Crippen molar-refractivity contribution in [1.29, 1.82) is 0 Å². The van der Waals surface area contributed by atoms with Crippen molar-refractivity contribution in [3.63, 3.8) is 0 Å². The highest BCUT2D eigenvalue weighted by molar-refractivity contribution is 5.92. The summed E-state index contributed by atoms with van der Waals surface area (Å²) in [5, 5.41) is 5.07. The van der Waals surface area contributed by atoms with Crippen LogP contribution in [0.2, 0.25) is 0 Å². The lowest BCUT2D eigenvalue weighted by Crippen LogP contribution is -2.36. The van der Waals surface area contributed by atoms with E-state index < -0.39 is 5.60 Å². The topological polar surface area (TPSA) is 33.0 Å². The van der Waals surface area contributed by atoms with E-state index in [0.717, 1.165) is 39.2 Å². The standard InChI is InChI=1S/C30H26N4O/c1-32(2)19-12-14-24-22(17-19)23-18-20(33(3)4)13-15-25(23)30(24)28-26-10-7-8-16-34(26)31-29(28)21-9-5-6-11-27(21)35-30/h5-18H,1-4H3. The normalized spacial score (nSPS) is 14.2. The molecule has 0 saturated heterocycles. The van der Waals surface area contributed by atoms with Gasteiger partial charge in [-0.15, -0.1) is 0 Å². The van der Waals surface area contributed by atoms with E-state index in [1.165, 1.54) is 22.5 Å². The molecular formula is C30H26N4O. The summed E-state index contributed by atoms with van der Waals surface area (Å²) in [5.41, 5.74) is 10.4. The first-order valence-electron chi connectivity index (χ1n) is 11.9. The number of ether oxygens (including phenoxy) is 1. The molecule has 7 rings (SSSR count). The molecule has 5 aromatic rings. The minimum absolute atomic E-state index is 0.785. The van der Waals surface area contributed by atoms with Crippen molar-refractivity contribution in [3.8, 4) is 28.1 Å². The van der Waals surface area contributed by atoms with E-state index in [4.69, 9.17) is 9.84 Å². The first kappa shape index (κ1) is 20.2. The fourth-order valence-electron chi connectivity index (χ4n) is 5.71. The summed E-state index contributed by atoms with van der Waals surface area (Å²) in [6.07, 6.45) is 2.02. The molecule has 1 aliphatic heterocycles. The van der Waals surface area contributed by atoms with Crippen molar-refractivity contribution in [2.75, 3.05) is 38.0 Å². The van der Waals surface area contributed by atoms with Gasteiger partial charge in [0.2, 0.25) is 0 Å². The van der Waals surface area contributed by atoms with Gasteiger partial charge in [0.25, 0.3) is 0 Å². The van der Waals surface area contributed by atoms with Crippen LogP contribution in [-0.2, 0) is 5.60 Å². The molecule has 35 heavy (non-hydrogen) atoms. The van der Waals surface area contributed by atoms with E-state index in [0.29, 0.717) is 0 Å². The second-order valence-electron chi connectivity index (χ2n) is 9.78. The molecule has 0 radical (unpaired) electrons. The molecule has 172 valence electrons. The second kappa shape index (κ2) is 6.89. The van der Waals surface area contributed by atoms with E-state index >= 15 is 0 Å². The number of rotatable bonds is 2. The van der Waals surface area contributed by atoms with Gasteiger partial charge in [-0.1, -0.05) is 30.3 Å². The lowest BCUT2D eigenvalue weighted by atomic mass is 9.79. The van der Waals surface area contributed by atoms with Gasteiger partial charge >= 0.3 is 0 Å². The molecule has 0 fully saturated rings. The van der Waals surface area contributed by atoms with Crippen LogP contribution in [0.5, 0.6) is 5.75 Å². The number of aromatic nitrogens is 2. The van der Waals surface area contributed by atoms with Crippen LogP contribution in [0.15, 0.2) is 85.1 Å². The van der Waals surface area contributed by atoms with Crippen LogP contribution in [0.4, 0.5) is 11.4 Å². The van der Waals surface area contributed by atoms with Gasteiger partial charge in [-0.3, -0.25) is 0 Å². The fourth-order valence-corrected chi connectivity index (χ4v) is 5.71. The number of hydrogen-bond acceptors (Lipinski definition) is 4. The molecule has 2 aliphatic rings. The molecule has 3 heterocycles. The first-order valence-corrected chi connectivity index (χ1v) is 11.9. The van der Waals surface area contributed by atoms with Crippen molar-refractivity contribution >= 4 is 16.9 Å². The van der Waals surface area contributed by atoms with Crippen molar-refractivity contribution in [2.24, 2.45) is 0 Å². The third-order valence-electron chi connectivity index (χ3n) is 7.39. The van der Waals surface area contributed by atoms with Crippen molar-refractivity contribution in [2.45, 2.75) is 5.60 Å². The van der Waals surface area contributed by atoms with Crippen LogP contribution in [0, 0.1) is 0 Å². The summed E-state index contributed by atoms with van der Waals surface area (Å²) in [6, 6.07) is 27.9. The largest absolute Gasteiger partial charge is 0.472 e. The molecule has 5 nitrogen and oxygen atoms in total. The maximum absolute atomic E-state index is 7.15. The van der Waals surface area contributed by atoms with Gasteiger partial charge in [0.1, 0.15) is 11.4 Å². The smallest absolute Gasteiger partial charge is 0.190 e. The van der Waals surface area contributed by atoms with Crippen LogP contribution < -0.4 is 14.5 Å². The van der Waals surface area contributed by atoms with Gasteiger partial charge in [-0.2, -0.15) is 5.10 Å². The zero-order chi connectivity index (χ0) is 23.9. The van der Waals surface area contributed by atoms with Gasteiger partial charge in [0.15, 0.2) is 5.60 Å². The fraction of sp³-hybridized carbons (Fsp3) is 0.167. The van der Waals surface area contributed by atoms with Gasteiger partial charge < -0.3 is 14.5 Å². The zero-order valence-electron chi connectivity index (χ0n) is 20.3. The summed E-state index contributed by atoms with van der Waals surface area (Å²) in [5.74, 6) is 0.857. The summed E-state index contributed by atoms with van der Waals surface area (Å²) < 4.78 is 9.13. The third kappa shape index (κ3) is 2.55. The average molecular weight is 459 g/mol. The number of hydrogen-bond donors (Lipinski definition) is 0. The Balaban J connectivity index is 1.64. The third-order valence-corrected chi connectivity index (χ3v) is 7.39. The van der Waals surface area contributed by atoms with E-state index in [1.807, 2.05) is 22.8 Å². The number of fused-ring (bicyclic) bond motifs is 11. The summed E-state index contributed by atoms with van der Waals surface area (Å²) in [6.45, 7) is 0. The Bertz CT molecular complexity index is 1590. The zero-order valence-corrected chi connectivity index (χ0v) is 20.3. The van der Waals surface area contributed by atoms with Crippen molar-refractivity contribution in [1.82, 2.24) is 9.61 Å². The molecule has 1 aliphatic carbocycles.